The molecule has 0 saturated heterocycles. The minimum Gasteiger partial charge on any atom is -0.480 e. The average Bonchev–Trinajstić information content (AvgIpc) is 2.97. The zero-order chi connectivity index (χ0) is 18.5. The second kappa shape index (κ2) is 8.15. The fourth-order valence-corrected chi connectivity index (χ4v) is 3.44. The van der Waals surface area contributed by atoms with E-state index in [1.807, 2.05) is 24.3 Å². The molecule has 1 atom stereocenters. The minimum atomic E-state index is -1.01. The van der Waals surface area contributed by atoms with Crippen molar-refractivity contribution in [1.82, 2.24) is 0 Å². The number of fused-ring (bicyclic) bond motifs is 3. The van der Waals surface area contributed by atoms with Gasteiger partial charge in [0, 0.05) is 12.3 Å². The van der Waals surface area contributed by atoms with Gasteiger partial charge in [-0.2, -0.15) is 0 Å². The van der Waals surface area contributed by atoms with E-state index in [9.17, 15) is 9.59 Å². The van der Waals surface area contributed by atoms with Crippen molar-refractivity contribution in [2.75, 3.05) is 6.61 Å². The van der Waals surface area contributed by atoms with Crippen molar-refractivity contribution in [3.8, 4) is 11.1 Å². The third-order valence-corrected chi connectivity index (χ3v) is 4.84. The molecular formula is C21H23NO4. The summed E-state index contributed by atoms with van der Waals surface area (Å²) in [6.07, 6.45) is 1.82. The lowest BCUT2D eigenvalue weighted by molar-refractivity contribution is -0.144. The number of hydrogen-bond donors (Lipinski definition) is 2. The van der Waals surface area contributed by atoms with Gasteiger partial charge in [0.15, 0.2) is 0 Å². The first kappa shape index (κ1) is 18.1. The number of aliphatic carboxylic acids is 1. The van der Waals surface area contributed by atoms with Crippen LogP contribution in [0.1, 0.15) is 42.7 Å². The number of carbonyl (C=O) groups excluding carboxylic acids is 1. The Morgan fingerprint density at radius 2 is 1.58 bits per heavy atom. The molecule has 0 aliphatic heterocycles. The molecule has 3 rings (SSSR count). The number of nitrogens with two attached hydrogens (primary N) is 1. The number of benzene rings is 2. The number of rotatable bonds is 8. The Labute approximate surface area is 152 Å². The fourth-order valence-electron chi connectivity index (χ4n) is 3.44. The number of carboxylic acids is 1. The summed E-state index contributed by atoms with van der Waals surface area (Å²) in [5.74, 6) is -1.20. The molecule has 2 aromatic rings. The van der Waals surface area contributed by atoms with E-state index in [0.29, 0.717) is 25.9 Å². The van der Waals surface area contributed by atoms with E-state index in [0.717, 1.165) is 0 Å². The highest BCUT2D eigenvalue weighted by Crippen LogP contribution is 2.44. The molecule has 0 amide bonds. The van der Waals surface area contributed by atoms with Crippen LogP contribution in [0, 0.1) is 0 Å². The van der Waals surface area contributed by atoms with Crippen LogP contribution in [0.15, 0.2) is 48.5 Å². The SMILES string of the molecule is NC(CCCCC(=O)OCC1c2ccccc2-c2ccccc21)C(=O)O. The summed E-state index contributed by atoms with van der Waals surface area (Å²) in [6, 6.07) is 15.6. The van der Waals surface area contributed by atoms with Crippen LogP contribution in [0.2, 0.25) is 0 Å². The summed E-state index contributed by atoms with van der Waals surface area (Å²) in [7, 11) is 0. The van der Waals surface area contributed by atoms with E-state index in [1.165, 1.54) is 22.3 Å². The molecule has 26 heavy (non-hydrogen) atoms. The maximum atomic E-state index is 12.0. The number of esters is 1. The lowest BCUT2D eigenvalue weighted by Crippen LogP contribution is -2.29. The van der Waals surface area contributed by atoms with Gasteiger partial charge in [-0.1, -0.05) is 55.0 Å². The van der Waals surface area contributed by atoms with Crippen LogP contribution in [0.5, 0.6) is 0 Å². The largest absolute Gasteiger partial charge is 0.480 e. The predicted octanol–water partition coefficient (Wildman–Crippen LogP) is 3.31. The van der Waals surface area contributed by atoms with Crippen molar-refractivity contribution in [2.45, 2.75) is 37.6 Å². The second-order valence-electron chi connectivity index (χ2n) is 6.60. The molecular weight excluding hydrogens is 330 g/mol. The highest BCUT2D eigenvalue weighted by atomic mass is 16.5. The van der Waals surface area contributed by atoms with Gasteiger partial charge < -0.3 is 15.6 Å². The summed E-state index contributed by atoms with van der Waals surface area (Å²) in [5, 5.41) is 8.74. The molecule has 3 N–H and O–H groups in total. The summed E-state index contributed by atoms with van der Waals surface area (Å²) < 4.78 is 5.51. The molecule has 0 heterocycles. The average molecular weight is 353 g/mol. The van der Waals surface area contributed by atoms with E-state index in [2.05, 4.69) is 24.3 Å². The van der Waals surface area contributed by atoms with Crippen molar-refractivity contribution in [3.05, 3.63) is 59.7 Å². The summed E-state index contributed by atoms with van der Waals surface area (Å²) in [6.45, 7) is 0.321. The van der Waals surface area contributed by atoms with Gasteiger partial charge in [-0.25, -0.2) is 0 Å². The van der Waals surface area contributed by atoms with E-state index in [1.54, 1.807) is 0 Å². The lowest BCUT2D eigenvalue weighted by Gasteiger charge is -2.14. The van der Waals surface area contributed by atoms with Gasteiger partial charge in [0.25, 0.3) is 0 Å². The van der Waals surface area contributed by atoms with Gasteiger partial charge >= 0.3 is 11.9 Å². The van der Waals surface area contributed by atoms with Crippen LogP contribution in [0.25, 0.3) is 11.1 Å². The second-order valence-corrected chi connectivity index (χ2v) is 6.60. The van der Waals surface area contributed by atoms with Gasteiger partial charge in [0.2, 0.25) is 0 Å². The molecule has 0 radical (unpaired) electrons. The van der Waals surface area contributed by atoms with Crippen LogP contribution >= 0.6 is 0 Å². The first-order valence-electron chi connectivity index (χ1n) is 8.90. The zero-order valence-electron chi connectivity index (χ0n) is 14.6. The van der Waals surface area contributed by atoms with Crippen molar-refractivity contribution in [1.29, 1.82) is 0 Å². The molecule has 1 unspecified atom stereocenters. The Morgan fingerprint density at radius 1 is 1.00 bits per heavy atom. The maximum Gasteiger partial charge on any atom is 0.320 e. The molecule has 0 aromatic heterocycles. The molecule has 5 nitrogen and oxygen atoms in total. The van der Waals surface area contributed by atoms with Crippen LogP contribution in [-0.4, -0.2) is 29.7 Å². The van der Waals surface area contributed by atoms with Crippen molar-refractivity contribution < 1.29 is 19.4 Å². The van der Waals surface area contributed by atoms with Crippen LogP contribution in [0.4, 0.5) is 0 Å². The molecule has 5 heteroatoms. The third kappa shape index (κ3) is 3.94. The van der Waals surface area contributed by atoms with E-state index in [4.69, 9.17) is 15.6 Å². The first-order chi connectivity index (χ1) is 12.6. The first-order valence-corrected chi connectivity index (χ1v) is 8.90. The third-order valence-electron chi connectivity index (χ3n) is 4.84. The summed E-state index contributed by atoms with van der Waals surface area (Å²) >= 11 is 0. The standard InChI is InChI=1S/C21H23NO4/c22-19(21(24)25)11-5-6-12-20(23)26-13-18-16-9-3-1-7-14(16)15-8-2-4-10-17(15)18/h1-4,7-10,18-19H,5-6,11-13,22H2,(H,24,25). The molecule has 0 saturated carbocycles. The predicted molar refractivity (Wildman–Crippen MR) is 98.8 cm³/mol. The van der Waals surface area contributed by atoms with Gasteiger partial charge in [-0.15, -0.1) is 0 Å². The van der Waals surface area contributed by atoms with E-state index in [-0.39, 0.29) is 18.3 Å². The Balaban J connectivity index is 1.53. The molecule has 2 aromatic carbocycles. The van der Waals surface area contributed by atoms with E-state index < -0.39 is 12.0 Å². The topological polar surface area (TPSA) is 89.6 Å². The molecule has 1 aliphatic carbocycles. The molecule has 0 bridgehead atoms. The monoisotopic (exact) mass is 353 g/mol. The number of unbranched alkanes of at least 4 members (excludes halogenated alkanes) is 1. The van der Waals surface area contributed by atoms with Crippen LogP contribution in [-0.2, 0) is 14.3 Å². The molecule has 136 valence electrons. The molecule has 1 aliphatic rings. The smallest absolute Gasteiger partial charge is 0.320 e. The van der Waals surface area contributed by atoms with Crippen molar-refractivity contribution >= 4 is 11.9 Å². The zero-order valence-corrected chi connectivity index (χ0v) is 14.6. The Kier molecular flexibility index (Phi) is 5.68. The number of carbonyl (C=O) groups is 2. The van der Waals surface area contributed by atoms with Gasteiger partial charge in [-0.3, -0.25) is 9.59 Å². The normalized spacial score (nSPS) is 13.7. The highest BCUT2D eigenvalue weighted by Gasteiger charge is 2.28. The summed E-state index contributed by atoms with van der Waals surface area (Å²) in [4.78, 5) is 22.7. The van der Waals surface area contributed by atoms with Crippen molar-refractivity contribution in [2.24, 2.45) is 5.73 Å². The van der Waals surface area contributed by atoms with E-state index >= 15 is 0 Å². The van der Waals surface area contributed by atoms with Gasteiger partial charge in [0.1, 0.15) is 12.6 Å². The highest BCUT2D eigenvalue weighted by molar-refractivity contribution is 5.79. The van der Waals surface area contributed by atoms with Crippen LogP contribution < -0.4 is 5.73 Å². The van der Waals surface area contributed by atoms with Gasteiger partial charge in [-0.05, 0) is 35.1 Å². The fraction of sp³-hybridized carbons (Fsp3) is 0.333. The van der Waals surface area contributed by atoms with Gasteiger partial charge in [0.05, 0.1) is 0 Å². The Hall–Kier alpha value is -2.66. The Morgan fingerprint density at radius 3 is 2.15 bits per heavy atom. The number of carboxylic acid groups (broad SMARTS) is 1. The lowest BCUT2D eigenvalue weighted by atomic mass is 9.98. The maximum absolute atomic E-state index is 12.0. The molecule has 0 fully saturated rings. The molecule has 0 spiro atoms. The van der Waals surface area contributed by atoms with Crippen LogP contribution in [0.3, 0.4) is 0 Å². The minimum absolute atomic E-state index is 0.0618. The number of ether oxygens (including phenoxy) is 1. The van der Waals surface area contributed by atoms with Crippen molar-refractivity contribution in [3.63, 3.8) is 0 Å². The number of hydrogen-bond acceptors (Lipinski definition) is 4. The quantitative estimate of drug-likeness (QED) is 0.561. The Bertz CT molecular complexity index is 757. The summed E-state index contributed by atoms with van der Waals surface area (Å²) in [5.41, 5.74) is 10.2.